The summed E-state index contributed by atoms with van der Waals surface area (Å²) < 4.78 is 2.13. The first-order chi connectivity index (χ1) is 14.1. The van der Waals surface area contributed by atoms with Gasteiger partial charge in [0.25, 0.3) is 0 Å². The van der Waals surface area contributed by atoms with E-state index in [9.17, 15) is 4.79 Å². The first-order valence-corrected chi connectivity index (χ1v) is 9.68. The van der Waals surface area contributed by atoms with Crippen molar-refractivity contribution in [2.75, 3.05) is 11.9 Å². The quantitative estimate of drug-likeness (QED) is 0.517. The number of fused-ring (bicyclic) bond motifs is 1. The predicted octanol–water partition coefficient (Wildman–Crippen LogP) is 4.84. The number of aryl methyl sites for hydroxylation is 2. The molecule has 0 aliphatic heterocycles. The Bertz CT molecular complexity index is 1130. The third kappa shape index (κ3) is 3.99. The number of nitrogens with zero attached hydrogens (tertiary/aromatic N) is 2. The average molecular weight is 384 g/mol. The van der Waals surface area contributed by atoms with E-state index >= 15 is 0 Å². The Morgan fingerprint density at radius 2 is 1.86 bits per heavy atom. The van der Waals surface area contributed by atoms with Crippen LogP contribution in [0.15, 0.2) is 79.3 Å². The minimum atomic E-state index is -0.214. The summed E-state index contributed by atoms with van der Waals surface area (Å²) in [5, 5.41) is 7.17. The van der Waals surface area contributed by atoms with Gasteiger partial charge in [0.15, 0.2) is 0 Å². The lowest BCUT2D eigenvalue weighted by Crippen LogP contribution is -2.33. The van der Waals surface area contributed by atoms with Gasteiger partial charge < -0.3 is 15.2 Å². The number of pyridine rings is 1. The summed E-state index contributed by atoms with van der Waals surface area (Å²) >= 11 is 0. The van der Waals surface area contributed by atoms with Crippen LogP contribution in [0, 0.1) is 6.92 Å². The van der Waals surface area contributed by atoms with Gasteiger partial charge in [-0.05, 0) is 41.8 Å². The van der Waals surface area contributed by atoms with Crippen LogP contribution in [-0.2, 0) is 7.05 Å². The molecule has 146 valence electrons. The lowest BCUT2D eigenvalue weighted by atomic mass is 9.92. The zero-order valence-corrected chi connectivity index (χ0v) is 16.6. The molecule has 0 aliphatic carbocycles. The zero-order chi connectivity index (χ0) is 20.2. The van der Waals surface area contributed by atoms with Crippen LogP contribution < -0.4 is 10.6 Å². The van der Waals surface area contributed by atoms with Gasteiger partial charge in [0.2, 0.25) is 0 Å². The third-order valence-corrected chi connectivity index (χ3v) is 5.25. The van der Waals surface area contributed by atoms with Crippen LogP contribution in [0.3, 0.4) is 0 Å². The van der Waals surface area contributed by atoms with Gasteiger partial charge in [-0.3, -0.25) is 4.98 Å². The van der Waals surface area contributed by atoms with E-state index in [1.807, 2.05) is 62.6 Å². The van der Waals surface area contributed by atoms with E-state index in [2.05, 4.69) is 44.6 Å². The highest BCUT2D eigenvalue weighted by Gasteiger charge is 2.20. The Labute approximate surface area is 170 Å². The van der Waals surface area contributed by atoms with Crippen molar-refractivity contribution in [2.45, 2.75) is 12.8 Å². The fourth-order valence-corrected chi connectivity index (χ4v) is 3.71. The van der Waals surface area contributed by atoms with Crippen molar-refractivity contribution in [1.82, 2.24) is 14.9 Å². The number of hydrogen-bond donors (Lipinski definition) is 2. The number of aromatic nitrogens is 2. The molecule has 2 aromatic heterocycles. The van der Waals surface area contributed by atoms with Crippen molar-refractivity contribution >= 4 is 22.6 Å². The average Bonchev–Trinajstić information content (AvgIpc) is 3.07. The van der Waals surface area contributed by atoms with E-state index in [0.29, 0.717) is 6.54 Å². The van der Waals surface area contributed by atoms with Gasteiger partial charge in [-0.25, -0.2) is 4.79 Å². The van der Waals surface area contributed by atoms with E-state index in [0.717, 1.165) is 16.8 Å². The van der Waals surface area contributed by atoms with Crippen LogP contribution >= 0.6 is 0 Å². The third-order valence-electron chi connectivity index (χ3n) is 5.25. The summed E-state index contributed by atoms with van der Waals surface area (Å²) in [5.74, 6) is -0.00239. The molecular formula is C24H24N4O. The molecule has 0 spiro atoms. The van der Waals surface area contributed by atoms with E-state index in [1.54, 1.807) is 6.20 Å². The molecule has 1 unspecified atom stereocenters. The van der Waals surface area contributed by atoms with Gasteiger partial charge in [0.1, 0.15) is 0 Å². The number of anilines is 1. The molecule has 4 rings (SSSR count). The Morgan fingerprint density at radius 1 is 1.07 bits per heavy atom. The van der Waals surface area contributed by atoms with Crippen molar-refractivity contribution in [3.05, 3.63) is 95.9 Å². The molecule has 2 N–H and O–H groups in total. The summed E-state index contributed by atoms with van der Waals surface area (Å²) in [6.45, 7) is 2.45. The highest BCUT2D eigenvalue weighted by Crippen LogP contribution is 2.31. The Balaban J connectivity index is 1.60. The van der Waals surface area contributed by atoms with Crippen molar-refractivity contribution < 1.29 is 4.79 Å². The lowest BCUT2D eigenvalue weighted by molar-refractivity contribution is 0.252. The monoisotopic (exact) mass is 384 g/mol. The fraction of sp³-hybridized carbons (Fsp3) is 0.167. The van der Waals surface area contributed by atoms with Crippen molar-refractivity contribution in [1.29, 1.82) is 0 Å². The van der Waals surface area contributed by atoms with Gasteiger partial charge in [0.05, 0.1) is 0 Å². The number of rotatable bonds is 5. The number of nitrogens with one attached hydrogen (secondary N) is 2. The molecule has 0 saturated carbocycles. The highest BCUT2D eigenvalue weighted by molar-refractivity contribution is 5.90. The molecule has 5 heteroatoms. The minimum absolute atomic E-state index is 0.00239. The number of carbonyl (C=O) groups excluding carboxylic acids is 1. The second-order valence-electron chi connectivity index (χ2n) is 7.20. The Kier molecular flexibility index (Phi) is 5.29. The molecule has 4 aromatic rings. The van der Waals surface area contributed by atoms with E-state index < -0.39 is 0 Å². The van der Waals surface area contributed by atoms with Crippen molar-refractivity contribution in [3.63, 3.8) is 0 Å². The molecule has 2 amide bonds. The van der Waals surface area contributed by atoms with Crippen LogP contribution in [-0.4, -0.2) is 22.1 Å². The number of benzene rings is 2. The van der Waals surface area contributed by atoms with E-state index in [-0.39, 0.29) is 11.9 Å². The second-order valence-corrected chi connectivity index (χ2v) is 7.20. The molecule has 0 radical (unpaired) electrons. The zero-order valence-electron chi connectivity index (χ0n) is 16.6. The SMILES string of the molecule is Cc1ccccc1NC(=O)NCC(c1cccnc1)c1cn(C)c2ccccc12. The summed E-state index contributed by atoms with van der Waals surface area (Å²) in [7, 11) is 2.05. The summed E-state index contributed by atoms with van der Waals surface area (Å²) in [4.78, 5) is 16.8. The van der Waals surface area contributed by atoms with Gasteiger partial charge in [-0.1, -0.05) is 42.5 Å². The molecule has 5 nitrogen and oxygen atoms in total. The molecule has 2 heterocycles. The molecule has 0 fully saturated rings. The summed E-state index contributed by atoms with van der Waals surface area (Å²) in [6, 6.07) is 19.8. The maximum absolute atomic E-state index is 12.6. The number of amides is 2. The summed E-state index contributed by atoms with van der Waals surface area (Å²) in [6.07, 6.45) is 5.78. The molecule has 0 aliphatic rings. The normalized spacial score (nSPS) is 11.9. The standard InChI is InChI=1S/C24H24N4O/c1-17-8-3-5-11-22(17)27-24(29)26-15-20(18-9-7-13-25-14-18)21-16-28(2)23-12-6-4-10-19(21)23/h3-14,16,20H,15H2,1-2H3,(H2,26,27,29). The number of carbonyl (C=O) groups is 1. The largest absolute Gasteiger partial charge is 0.350 e. The fourth-order valence-electron chi connectivity index (χ4n) is 3.71. The number of para-hydroxylation sites is 2. The van der Waals surface area contributed by atoms with Crippen molar-refractivity contribution in [2.24, 2.45) is 7.05 Å². The maximum atomic E-state index is 12.6. The number of urea groups is 1. The topological polar surface area (TPSA) is 59.0 Å². The molecule has 0 saturated heterocycles. The van der Waals surface area contributed by atoms with Gasteiger partial charge in [-0.2, -0.15) is 0 Å². The van der Waals surface area contributed by atoms with Gasteiger partial charge >= 0.3 is 6.03 Å². The molecular weight excluding hydrogens is 360 g/mol. The highest BCUT2D eigenvalue weighted by atomic mass is 16.2. The van der Waals surface area contributed by atoms with E-state index in [4.69, 9.17) is 0 Å². The van der Waals surface area contributed by atoms with Crippen LogP contribution in [0.4, 0.5) is 10.5 Å². The molecule has 29 heavy (non-hydrogen) atoms. The predicted molar refractivity (Wildman–Crippen MR) is 117 cm³/mol. The van der Waals surface area contributed by atoms with Crippen LogP contribution in [0.1, 0.15) is 22.6 Å². The molecule has 1 atom stereocenters. The van der Waals surface area contributed by atoms with Crippen molar-refractivity contribution in [3.8, 4) is 0 Å². The lowest BCUT2D eigenvalue weighted by Gasteiger charge is -2.18. The van der Waals surface area contributed by atoms with Crippen LogP contribution in [0.25, 0.3) is 10.9 Å². The minimum Gasteiger partial charge on any atom is -0.350 e. The Morgan fingerprint density at radius 3 is 2.66 bits per heavy atom. The summed E-state index contributed by atoms with van der Waals surface area (Å²) in [5.41, 5.74) is 5.25. The molecule has 0 bridgehead atoms. The smallest absolute Gasteiger partial charge is 0.319 e. The maximum Gasteiger partial charge on any atom is 0.319 e. The molecule has 2 aromatic carbocycles. The first kappa shape index (κ1) is 18.7. The van der Waals surface area contributed by atoms with Gasteiger partial charge in [-0.15, -0.1) is 0 Å². The second kappa shape index (κ2) is 8.19. The van der Waals surface area contributed by atoms with Gasteiger partial charge in [0, 0.05) is 54.7 Å². The Hall–Kier alpha value is -3.60. The van der Waals surface area contributed by atoms with E-state index in [1.165, 1.54) is 16.5 Å². The van der Waals surface area contributed by atoms with Crippen LogP contribution in [0.5, 0.6) is 0 Å². The number of hydrogen-bond acceptors (Lipinski definition) is 2. The first-order valence-electron chi connectivity index (χ1n) is 9.68. The van der Waals surface area contributed by atoms with Crippen LogP contribution in [0.2, 0.25) is 0 Å².